The summed E-state index contributed by atoms with van der Waals surface area (Å²) in [6.45, 7) is 2.38. The van der Waals surface area contributed by atoms with E-state index in [-0.39, 0.29) is 11.3 Å². The van der Waals surface area contributed by atoms with Crippen LogP contribution in [0.25, 0.3) is 0 Å². The minimum Gasteiger partial charge on any atom is -0.462 e. The zero-order valence-corrected chi connectivity index (χ0v) is 13.5. The molecule has 0 radical (unpaired) electrons. The summed E-state index contributed by atoms with van der Waals surface area (Å²) >= 11 is 5.96. The maximum atomic E-state index is 12.2. The lowest BCUT2D eigenvalue weighted by Gasteiger charge is -2.07. The van der Waals surface area contributed by atoms with Gasteiger partial charge in [0.2, 0.25) is 0 Å². The Kier molecular flexibility index (Phi) is 6.18. The molecule has 0 unspecified atom stereocenters. The van der Waals surface area contributed by atoms with E-state index in [4.69, 9.17) is 21.1 Å². The van der Waals surface area contributed by atoms with Crippen LogP contribution in [-0.4, -0.2) is 18.5 Å². The van der Waals surface area contributed by atoms with Crippen molar-refractivity contribution in [1.82, 2.24) is 0 Å². The second kappa shape index (κ2) is 8.34. The third kappa shape index (κ3) is 4.83. The normalized spacial score (nSPS) is 10.2. The number of carbonyl (C=O) groups is 2. The van der Waals surface area contributed by atoms with Crippen molar-refractivity contribution in [2.75, 3.05) is 6.61 Å². The van der Waals surface area contributed by atoms with Gasteiger partial charge in [0.25, 0.3) is 0 Å². The average molecular weight is 333 g/mol. The van der Waals surface area contributed by atoms with E-state index in [0.717, 1.165) is 12.8 Å². The number of hydrogen-bond acceptors (Lipinski definition) is 4. The second-order valence-electron chi connectivity index (χ2n) is 4.89. The summed E-state index contributed by atoms with van der Waals surface area (Å²) in [6, 6.07) is 12.9. The van der Waals surface area contributed by atoms with E-state index in [9.17, 15) is 9.59 Å². The maximum absolute atomic E-state index is 12.2. The number of para-hydroxylation sites is 1. The molecule has 0 saturated carbocycles. The molecule has 2 rings (SSSR count). The summed E-state index contributed by atoms with van der Waals surface area (Å²) in [5.74, 6) is -0.762. The Hall–Kier alpha value is -2.33. The summed E-state index contributed by atoms with van der Waals surface area (Å²) in [5, 5.41) is 0.343. The van der Waals surface area contributed by atoms with Gasteiger partial charge in [-0.05, 0) is 36.8 Å². The number of hydrogen-bond donors (Lipinski definition) is 0. The Morgan fingerprint density at radius 2 is 1.70 bits per heavy atom. The maximum Gasteiger partial charge on any atom is 0.343 e. The van der Waals surface area contributed by atoms with Crippen LogP contribution in [-0.2, 0) is 4.74 Å². The van der Waals surface area contributed by atoms with Gasteiger partial charge < -0.3 is 9.47 Å². The molecule has 0 aliphatic carbocycles. The first kappa shape index (κ1) is 17.0. The predicted molar refractivity (Wildman–Crippen MR) is 88.0 cm³/mol. The lowest BCUT2D eigenvalue weighted by Crippen LogP contribution is -2.11. The smallest absolute Gasteiger partial charge is 0.343 e. The molecule has 0 spiro atoms. The highest BCUT2D eigenvalue weighted by Crippen LogP contribution is 2.24. The Morgan fingerprint density at radius 1 is 1.00 bits per heavy atom. The van der Waals surface area contributed by atoms with Crippen LogP contribution in [0.3, 0.4) is 0 Å². The summed E-state index contributed by atoms with van der Waals surface area (Å²) in [5.41, 5.74) is 0.574. The standard InChI is InChI=1S/C18H17ClO4/c1-2-3-11-22-17(20)13-7-6-8-14(12-13)18(21)23-16-10-5-4-9-15(16)19/h4-10,12H,2-3,11H2,1H3. The molecule has 0 aliphatic rings. The molecule has 0 saturated heterocycles. The number of carbonyl (C=O) groups excluding carboxylic acids is 2. The molecule has 0 heterocycles. The fraction of sp³-hybridized carbons (Fsp3) is 0.222. The molecule has 120 valence electrons. The summed E-state index contributed by atoms with van der Waals surface area (Å²) in [4.78, 5) is 24.1. The molecule has 0 amide bonds. The van der Waals surface area contributed by atoms with Crippen molar-refractivity contribution >= 4 is 23.5 Å². The Labute approximate surface area is 140 Å². The summed E-state index contributed by atoms with van der Waals surface area (Å²) < 4.78 is 10.4. The highest BCUT2D eigenvalue weighted by atomic mass is 35.5. The van der Waals surface area contributed by atoms with Crippen molar-refractivity contribution in [3.8, 4) is 5.75 Å². The highest BCUT2D eigenvalue weighted by Gasteiger charge is 2.14. The number of unbranched alkanes of at least 4 members (excludes halogenated alkanes) is 1. The van der Waals surface area contributed by atoms with Gasteiger partial charge in [0.15, 0.2) is 0 Å². The van der Waals surface area contributed by atoms with Crippen molar-refractivity contribution in [3.63, 3.8) is 0 Å². The van der Waals surface area contributed by atoms with E-state index in [1.54, 1.807) is 42.5 Å². The van der Waals surface area contributed by atoms with Crippen molar-refractivity contribution in [2.24, 2.45) is 0 Å². The molecule has 0 aliphatic heterocycles. The van der Waals surface area contributed by atoms with Crippen LogP contribution in [0.1, 0.15) is 40.5 Å². The Balaban J connectivity index is 2.08. The Bertz CT molecular complexity index is 697. The molecule has 0 bridgehead atoms. The average Bonchev–Trinajstić information content (AvgIpc) is 2.57. The van der Waals surface area contributed by atoms with Crippen molar-refractivity contribution in [2.45, 2.75) is 19.8 Å². The van der Waals surface area contributed by atoms with Gasteiger partial charge in [-0.15, -0.1) is 0 Å². The first-order valence-electron chi connectivity index (χ1n) is 7.35. The van der Waals surface area contributed by atoms with Gasteiger partial charge in [-0.2, -0.15) is 0 Å². The summed E-state index contributed by atoms with van der Waals surface area (Å²) in [6.07, 6.45) is 1.75. The molecule has 0 atom stereocenters. The molecular formula is C18H17ClO4. The molecular weight excluding hydrogens is 316 g/mol. The minimum atomic E-state index is -0.582. The van der Waals surface area contributed by atoms with E-state index in [2.05, 4.69) is 0 Å². The monoisotopic (exact) mass is 332 g/mol. The van der Waals surface area contributed by atoms with E-state index in [0.29, 0.717) is 17.2 Å². The van der Waals surface area contributed by atoms with Crippen LogP contribution < -0.4 is 4.74 Å². The zero-order chi connectivity index (χ0) is 16.7. The molecule has 5 heteroatoms. The predicted octanol–water partition coefficient (Wildman–Crippen LogP) is 4.52. The van der Waals surface area contributed by atoms with Crippen LogP contribution in [0, 0.1) is 0 Å². The van der Waals surface area contributed by atoms with Crippen LogP contribution >= 0.6 is 11.6 Å². The molecule has 23 heavy (non-hydrogen) atoms. The van der Waals surface area contributed by atoms with Crippen LogP contribution in [0.5, 0.6) is 5.75 Å². The lowest BCUT2D eigenvalue weighted by atomic mass is 10.1. The van der Waals surface area contributed by atoms with Crippen LogP contribution in [0.4, 0.5) is 0 Å². The molecule has 0 fully saturated rings. The van der Waals surface area contributed by atoms with Crippen molar-refractivity contribution < 1.29 is 19.1 Å². The Morgan fingerprint density at radius 3 is 2.39 bits per heavy atom. The molecule has 0 aromatic heterocycles. The number of benzene rings is 2. The van der Waals surface area contributed by atoms with Crippen LogP contribution in [0.15, 0.2) is 48.5 Å². The quantitative estimate of drug-likeness (QED) is 0.443. The van der Waals surface area contributed by atoms with Gasteiger partial charge in [-0.1, -0.05) is 43.1 Å². The second-order valence-corrected chi connectivity index (χ2v) is 5.30. The zero-order valence-electron chi connectivity index (χ0n) is 12.8. The highest BCUT2D eigenvalue weighted by molar-refractivity contribution is 6.32. The molecule has 2 aromatic rings. The number of rotatable bonds is 6. The van der Waals surface area contributed by atoms with Crippen LogP contribution in [0.2, 0.25) is 5.02 Å². The number of ether oxygens (including phenoxy) is 2. The van der Waals surface area contributed by atoms with E-state index in [1.807, 2.05) is 6.92 Å². The van der Waals surface area contributed by atoms with Crippen molar-refractivity contribution in [3.05, 3.63) is 64.7 Å². The van der Waals surface area contributed by atoms with Gasteiger partial charge in [0.1, 0.15) is 5.75 Å². The van der Waals surface area contributed by atoms with Gasteiger partial charge in [-0.25, -0.2) is 9.59 Å². The van der Waals surface area contributed by atoms with E-state index < -0.39 is 11.9 Å². The third-order valence-electron chi connectivity index (χ3n) is 3.10. The van der Waals surface area contributed by atoms with Gasteiger partial charge in [0, 0.05) is 0 Å². The minimum absolute atomic E-state index is 0.259. The van der Waals surface area contributed by atoms with Gasteiger partial charge in [-0.3, -0.25) is 0 Å². The number of esters is 2. The molecule has 4 nitrogen and oxygen atoms in total. The SMILES string of the molecule is CCCCOC(=O)c1cccc(C(=O)Oc2ccccc2Cl)c1. The van der Waals surface area contributed by atoms with E-state index >= 15 is 0 Å². The fourth-order valence-electron chi connectivity index (χ4n) is 1.85. The lowest BCUT2D eigenvalue weighted by molar-refractivity contribution is 0.0499. The van der Waals surface area contributed by atoms with Crippen molar-refractivity contribution in [1.29, 1.82) is 0 Å². The summed E-state index contributed by atoms with van der Waals surface area (Å²) in [7, 11) is 0. The third-order valence-corrected chi connectivity index (χ3v) is 3.42. The number of halogens is 1. The van der Waals surface area contributed by atoms with Gasteiger partial charge in [0.05, 0.1) is 22.8 Å². The first-order chi connectivity index (χ1) is 11.1. The molecule has 2 aromatic carbocycles. The topological polar surface area (TPSA) is 52.6 Å². The molecule has 0 N–H and O–H groups in total. The van der Waals surface area contributed by atoms with E-state index in [1.165, 1.54) is 6.07 Å². The van der Waals surface area contributed by atoms with Gasteiger partial charge >= 0.3 is 11.9 Å². The first-order valence-corrected chi connectivity index (χ1v) is 7.73. The fourth-order valence-corrected chi connectivity index (χ4v) is 2.03. The largest absolute Gasteiger partial charge is 0.462 e.